The number of hydrogen-bond donors (Lipinski definition) is 2. The van der Waals surface area contributed by atoms with Crippen LogP contribution in [0, 0.1) is 0 Å². The zero-order valence-corrected chi connectivity index (χ0v) is 7.97. The van der Waals surface area contributed by atoms with E-state index >= 15 is 0 Å². The Bertz CT molecular complexity index is 422. The second-order valence-corrected chi connectivity index (χ2v) is 4.07. The Balaban J connectivity index is 2.67. The molecule has 0 aliphatic heterocycles. The zero-order chi connectivity index (χ0) is 9.26. The van der Waals surface area contributed by atoms with Crippen molar-refractivity contribution in [3.05, 3.63) is 34.7 Å². The molecule has 0 aliphatic rings. The SMILES string of the molecule is NCc1cccc2sc(CO)cc12. The van der Waals surface area contributed by atoms with E-state index in [4.69, 9.17) is 10.8 Å². The average molecular weight is 193 g/mol. The Kier molecular flexibility index (Phi) is 2.31. The highest BCUT2D eigenvalue weighted by Gasteiger charge is 2.03. The third kappa shape index (κ3) is 1.46. The lowest BCUT2D eigenvalue weighted by molar-refractivity contribution is 0.285. The predicted octanol–water partition coefficient (Wildman–Crippen LogP) is 1.85. The summed E-state index contributed by atoms with van der Waals surface area (Å²) in [5, 5.41) is 10.2. The van der Waals surface area contributed by atoms with Gasteiger partial charge in [0.05, 0.1) is 6.61 Å². The number of hydrogen-bond acceptors (Lipinski definition) is 3. The topological polar surface area (TPSA) is 46.2 Å². The van der Waals surface area contributed by atoms with Crippen molar-refractivity contribution in [2.45, 2.75) is 13.2 Å². The Hall–Kier alpha value is -0.900. The van der Waals surface area contributed by atoms with E-state index in [1.54, 1.807) is 11.3 Å². The molecule has 2 nitrogen and oxygen atoms in total. The number of aliphatic hydroxyl groups excluding tert-OH is 1. The summed E-state index contributed by atoms with van der Waals surface area (Å²) in [6, 6.07) is 8.10. The molecule has 1 aromatic carbocycles. The quantitative estimate of drug-likeness (QED) is 0.764. The van der Waals surface area contributed by atoms with Gasteiger partial charge in [0, 0.05) is 16.1 Å². The van der Waals surface area contributed by atoms with E-state index in [9.17, 15) is 0 Å². The van der Waals surface area contributed by atoms with Gasteiger partial charge in [0.1, 0.15) is 0 Å². The molecule has 0 saturated carbocycles. The van der Waals surface area contributed by atoms with Crippen molar-refractivity contribution < 1.29 is 5.11 Å². The minimum atomic E-state index is 0.114. The van der Waals surface area contributed by atoms with Gasteiger partial charge in [-0.15, -0.1) is 11.3 Å². The highest BCUT2D eigenvalue weighted by Crippen LogP contribution is 2.28. The second kappa shape index (κ2) is 3.46. The van der Waals surface area contributed by atoms with E-state index < -0.39 is 0 Å². The van der Waals surface area contributed by atoms with E-state index in [2.05, 4.69) is 6.07 Å². The minimum absolute atomic E-state index is 0.114. The molecule has 68 valence electrons. The normalized spacial score (nSPS) is 10.9. The molecule has 0 spiro atoms. The molecule has 0 amide bonds. The first kappa shape index (κ1) is 8.69. The van der Waals surface area contributed by atoms with Gasteiger partial charge in [-0.05, 0) is 23.1 Å². The maximum Gasteiger partial charge on any atom is 0.0774 e. The monoisotopic (exact) mass is 193 g/mol. The molecule has 3 N–H and O–H groups in total. The largest absolute Gasteiger partial charge is 0.391 e. The molecule has 2 aromatic rings. The van der Waals surface area contributed by atoms with Crippen LogP contribution in [0.25, 0.3) is 10.1 Å². The van der Waals surface area contributed by atoms with Gasteiger partial charge < -0.3 is 10.8 Å². The zero-order valence-electron chi connectivity index (χ0n) is 7.16. The number of nitrogens with two attached hydrogens (primary N) is 1. The van der Waals surface area contributed by atoms with Gasteiger partial charge in [-0.2, -0.15) is 0 Å². The summed E-state index contributed by atoms with van der Waals surface area (Å²) in [6.45, 7) is 0.669. The van der Waals surface area contributed by atoms with Gasteiger partial charge in [-0.1, -0.05) is 12.1 Å². The van der Waals surface area contributed by atoms with E-state index in [0.29, 0.717) is 6.54 Å². The van der Waals surface area contributed by atoms with Crippen molar-refractivity contribution in [2.24, 2.45) is 5.73 Å². The molecule has 13 heavy (non-hydrogen) atoms. The smallest absolute Gasteiger partial charge is 0.0774 e. The maximum absolute atomic E-state index is 8.98. The van der Waals surface area contributed by atoms with Crippen molar-refractivity contribution >= 4 is 21.4 Å². The van der Waals surface area contributed by atoms with Crippen molar-refractivity contribution in [1.82, 2.24) is 0 Å². The summed E-state index contributed by atoms with van der Waals surface area (Å²) in [7, 11) is 0. The first-order valence-electron chi connectivity index (χ1n) is 4.16. The van der Waals surface area contributed by atoms with Crippen LogP contribution in [0.3, 0.4) is 0 Å². The summed E-state index contributed by atoms with van der Waals surface area (Å²) >= 11 is 1.62. The molecular formula is C10H11NOS. The number of fused-ring (bicyclic) bond motifs is 1. The van der Waals surface area contributed by atoms with E-state index in [-0.39, 0.29) is 6.61 Å². The van der Waals surface area contributed by atoms with Crippen molar-refractivity contribution in [1.29, 1.82) is 0 Å². The summed E-state index contributed by atoms with van der Waals surface area (Å²) in [4.78, 5) is 0.996. The van der Waals surface area contributed by atoms with E-state index in [1.165, 1.54) is 10.1 Å². The number of benzene rings is 1. The van der Waals surface area contributed by atoms with Crippen LogP contribution in [0.5, 0.6) is 0 Å². The molecule has 1 aromatic heterocycles. The summed E-state index contributed by atoms with van der Waals surface area (Å²) < 4.78 is 1.20. The molecule has 0 bridgehead atoms. The minimum Gasteiger partial charge on any atom is -0.391 e. The van der Waals surface area contributed by atoms with Gasteiger partial charge in [0.15, 0.2) is 0 Å². The van der Waals surface area contributed by atoms with Gasteiger partial charge in [0.2, 0.25) is 0 Å². The van der Waals surface area contributed by atoms with E-state index in [1.807, 2.05) is 18.2 Å². The third-order valence-electron chi connectivity index (χ3n) is 2.08. The van der Waals surface area contributed by atoms with Gasteiger partial charge in [0.25, 0.3) is 0 Å². The van der Waals surface area contributed by atoms with Crippen molar-refractivity contribution in [2.75, 3.05) is 0 Å². The first-order valence-corrected chi connectivity index (χ1v) is 4.98. The molecule has 0 fully saturated rings. The van der Waals surface area contributed by atoms with Crippen LogP contribution in [0.4, 0.5) is 0 Å². The Morgan fingerprint density at radius 3 is 2.92 bits per heavy atom. The fourth-order valence-corrected chi connectivity index (χ4v) is 2.40. The molecule has 0 radical (unpaired) electrons. The molecule has 1 heterocycles. The van der Waals surface area contributed by atoms with Crippen LogP contribution in [0.2, 0.25) is 0 Å². The van der Waals surface area contributed by atoms with Crippen LogP contribution in [-0.2, 0) is 13.2 Å². The summed E-state index contributed by atoms with van der Waals surface area (Å²) in [5.41, 5.74) is 6.76. The summed E-state index contributed by atoms with van der Waals surface area (Å²) in [5.74, 6) is 0. The lowest BCUT2D eigenvalue weighted by Gasteiger charge is -1.96. The van der Waals surface area contributed by atoms with Crippen LogP contribution in [0.1, 0.15) is 10.4 Å². The highest BCUT2D eigenvalue weighted by molar-refractivity contribution is 7.19. The fourth-order valence-electron chi connectivity index (χ4n) is 1.43. The highest BCUT2D eigenvalue weighted by atomic mass is 32.1. The molecule has 2 rings (SSSR count). The molecule has 3 heteroatoms. The lowest BCUT2D eigenvalue weighted by atomic mass is 10.1. The Labute approximate surface area is 80.6 Å². The predicted molar refractivity (Wildman–Crippen MR) is 55.6 cm³/mol. The number of thiophene rings is 1. The van der Waals surface area contributed by atoms with Crippen LogP contribution in [-0.4, -0.2) is 5.11 Å². The van der Waals surface area contributed by atoms with Crippen molar-refractivity contribution in [3.63, 3.8) is 0 Å². The van der Waals surface area contributed by atoms with Crippen LogP contribution in [0.15, 0.2) is 24.3 Å². The van der Waals surface area contributed by atoms with Gasteiger partial charge >= 0.3 is 0 Å². The van der Waals surface area contributed by atoms with Crippen LogP contribution >= 0.6 is 11.3 Å². The van der Waals surface area contributed by atoms with Crippen LogP contribution < -0.4 is 5.73 Å². The molecule has 0 unspecified atom stereocenters. The Morgan fingerprint density at radius 2 is 2.23 bits per heavy atom. The summed E-state index contributed by atoms with van der Waals surface area (Å²) in [6.07, 6.45) is 0. The van der Waals surface area contributed by atoms with E-state index in [0.717, 1.165) is 10.4 Å². The standard InChI is InChI=1S/C10H11NOS/c11-5-7-2-1-3-10-9(7)4-8(6-12)13-10/h1-4,12H,5-6,11H2. The molecule has 0 atom stereocenters. The average Bonchev–Trinajstić information content (AvgIpc) is 2.59. The molecule has 0 saturated heterocycles. The second-order valence-electron chi connectivity index (χ2n) is 2.90. The molecular weight excluding hydrogens is 182 g/mol. The van der Waals surface area contributed by atoms with Crippen molar-refractivity contribution in [3.8, 4) is 0 Å². The lowest BCUT2D eigenvalue weighted by Crippen LogP contribution is -1.95. The Morgan fingerprint density at radius 1 is 1.38 bits per heavy atom. The number of aliphatic hydroxyl groups is 1. The number of rotatable bonds is 2. The van der Waals surface area contributed by atoms with Gasteiger partial charge in [-0.3, -0.25) is 0 Å². The van der Waals surface area contributed by atoms with Gasteiger partial charge in [-0.25, -0.2) is 0 Å². The maximum atomic E-state index is 8.98. The fraction of sp³-hybridized carbons (Fsp3) is 0.200. The third-order valence-corrected chi connectivity index (χ3v) is 3.16. The molecule has 0 aliphatic carbocycles. The first-order chi connectivity index (χ1) is 6.35.